The molecule has 0 spiro atoms. The molecule has 1 heterocycles. The van der Waals surface area contributed by atoms with Crippen LogP contribution in [-0.2, 0) is 6.54 Å². The molecule has 0 radical (unpaired) electrons. The third-order valence-electron chi connectivity index (χ3n) is 4.46. The van der Waals surface area contributed by atoms with Crippen LogP contribution in [-0.4, -0.2) is 67.5 Å². The molecular weight excluding hydrogens is 348 g/mol. The van der Waals surface area contributed by atoms with E-state index in [2.05, 4.69) is 30.1 Å². The fourth-order valence-corrected chi connectivity index (χ4v) is 3.86. The first-order chi connectivity index (χ1) is 12.6. The summed E-state index contributed by atoms with van der Waals surface area (Å²) < 4.78 is 11.3. The first-order valence-corrected chi connectivity index (χ1v) is 10.7. The lowest BCUT2D eigenvalue weighted by atomic mass is 10.1. The molecule has 0 bridgehead atoms. The number of β-amino-alcohol motifs (C(OH)–C–C–N with tert-alkyl or cyclic N) is 1. The van der Waals surface area contributed by atoms with Gasteiger partial charge in [0.1, 0.15) is 12.7 Å². The number of hydrogen-bond acceptors (Lipinski definition) is 6. The molecule has 148 valence electrons. The van der Waals surface area contributed by atoms with E-state index in [1.54, 1.807) is 7.11 Å². The number of nitrogens with zero attached hydrogens (tertiary/aromatic N) is 1. The number of aliphatic hydroxyl groups excluding tert-OH is 1. The number of ether oxygens (including phenoxy) is 2. The SMILES string of the molecule is COc1cc(CNCCC(C)C)ccc1OC[C@H](O)CN1CCSCC1. The van der Waals surface area contributed by atoms with Crippen LogP contribution in [0.3, 0.4) is 0 Å². The molecule has 1 aliphatic rings. The molecule has 5 nitrogen and oxygen atoms in total. The first-order valence-electron chi connectivity index (χ1n) is 9.57. The monoisotopic (exact) mass is 382 g/mol. The third kappa shape index (κ3) is 7.74. The predicted molar refractivity (Wildman–Crippen MR) is 109 cm³/mol. The molecule has 1 atom stereocenters. The smallest absolute Gasteiger partial charge is 0.161 e. The lowest BCUT2D eigenvalue weighted by molar-refractivity contribution is 0.0705. The van der Waals surface area contributed by atoms with Gasteiger partial charge in [-0.1, -0.05) is 19.9 Å². The maximum absolute atomic E-state index is 10.2. The van der Waals surface area contributed by atoms with E-state index in [0.717, 1.165) is 43.4 Å². The highest BCUT2D eigenvalue weighted by molar-refractivity contribution is 7.99. The van der Waals surface area contributed by atoms with Crippen molar-refractivity contribution in [3.05, 3.63) is 23.8 Å². The number of rotatable bonds is 11. The van der Waals surface area contributed by atoms with Gasteiger partial charge in [-0.15, -0.1) is 0 Å². The van der Waals surface area contributed by atoms with Gasteiger partial charge in [-0.2, -0.15) is 11.8 Å². The van der Waals surface area contributed by atoms with Gasteiger partial charge in [0.05, 0.1) is 7.11 Å². The molecular formula is C20H34N2O3S. The average Bonchev–Trinajstić information content (AvgIpc) is 2.64. The molecule has 0 unspecified atom stereocenters. The normalized spacial score (nSPS) is 16.7. The third-order valence-corrected chi connectivity index (χ3v) is 5.40. The van der Waals surface area contributed by atoms with Crippen LogP contribution in [0.4, 0.5) is 0 Å². The summed E-state index contributed by atoms with van der Waals surface area (Å²) >= 11 is 1.97. The van der Waals surface area contributed by atoms with Gasteiger partial charge in [0, 0.05) is 37.7 Å². The Balaban J connectivity index is 1.78. The van der Waals surface area contributed by atoms with Crippen molar-refractivity contribution in [1.82, 2.24) is 10.2 Å². The van der Waals surface area contributed by atoms with Gasteiger partial charge >= 0.3 is 0 Å². The Bertz CT molecular complexity index is 522. The molecule has 0 saturated carbocycles. The molecule has 6 heteroatoms. The lowest BCUT2D eigenvalue weighted by Crippen LogP contribution is -2.40. The molecule has 26 heavy (non-hydrogen) atoms. The zero-order valence-electron chi connectivity index (χ0n) is 16.4. The van der Waals surface area contributed by atoms with Crippen LogP contribution in [0, 0.1) is 5.92 Å². The Labute approximate surface area is 162 Å². The zero-order valence-corrected chi connectivity index (χ0v) is 17.2. The summed E-state index contributed by atoms with van der Waals surface area (Å²) in [4.78, 5) is 2.30. The Morgan fingerprint density at radius 2 is 2.00 bits per heavy atom. The van der Waals surface area contributed by atoms with Crippen LogP contribution in [0.1, 0.15) is 25.8 Å². The summed E-state index contributed by atoms with van der Waals surface area (Å²) in [7, 11) is 1.65. The van der Waals surface area contributed by atoms with Crippen LogP contribution < -0.4 is 14.8 Å². The second-order valence-electron chi connectivity index (χ2n) is 7.22. The van der Waals surface area contributed by atoms with Crippen molar-refractivity contribution in [2.75, 3.05) is 51.4 Å². The topological polar surface area (TPSA) is 54.0 Å². The van der Waals surface area contributed by atoms with E-state index in [4.69, 9.17) is 9.47 Å². The van der Waals surface area contributed by atoms with Crippen molar-refractivity contribution in [2.45, 2.75) is 32.9 Å². The predicted octanol–water partition coefficient (Wildman–Crippen LogP) is 2.62. The van der Waals surface area contributed by atoms with Crippen molar-refractivity contribution in [3.63, 3.8) is 0 Å². The highest BCUT2D eigenvalue weighted by atomic mass is 32.2. The Morgan fingerprint density at radius 1 is 1.23 bits per heavy atom. The summed E-state index contributed by atoms with van der Waals surface area (Å²) in [6.45, 7) is 9.34. The largest absolute Gasteiger partial charge is 0.493 e. The molecule has 1 saturated heterocycles. The second kappa shape index (κ2) is 11.7. The molecule has 0 aliphatic carbocycles. The molecule has 1 aliphatic heterocycles. The van der Waals surface area contributed by atoms with Gasteiger partial charge < -0.3 is 19.9 Å². The minimum atomic E-state index is -0.486. The summed E-state index contributed by atoms with van der Waals surface area (Å²) in [6, 6.07) is 5.99. The summed E-state index contributed by atoms with van der Waals surface area (Å²) in [5.74, 6) is 4.41. The quantitative estimate of drug-likeness (QED) is 0.574. The Hall–Kier alpha value is -0.950. The second-order valence-corrected chi connectivity index (χ2v) is 8.45. The number of nitrogens with one attached hydrogen (secondary N) is 1. The van der Waals surface area contributed by atoms with Crippen LogP contribution >= 0.6 is 11.8 Å². The van der Waals surface area contributed by atoms with Gasteiger partial charge in [0.15, 0.2) is 11.5 Å². The van der Waals surface area contributed by atoms with E-state index in [1.165, 1.54) is 12.0 Å². The average molecular weight is 383 g/mol. The standard InChI is InChI=1S/C20H34N2O3S/c1-16(2)6-7-21-13-17-4-5-19(20(12-17)24-3)25-15-18(23)14-22-8-10-26-11-9-22/h4-5,12,16,18,21,23H,6-11,13-15H2,1-3H3/t18-/m1/s1. The van der Waals surface area contributed by atoms with Crippen LogP contribution in [0.15, 0.2) is 18.2 Å². The van der Waals surface area contributed by atoms with E-state index < -0.39 is 6.10 Å². The zero-order chi connectivity index (χ0) is 18.8. The van der Waals surface area contributed by atoms with Gasteiger partial charge in [-0.25, -0.2) is 0 Å². The van der Waals surface area contributed by atoms with Crippen molar-refractivity contribution in [2.24, 2.45) is 5.92 Å². The summed E-state index contributed by atoms with van der Waals surface area (Å²) in [5, 5.41) is 13.7. The van der Waals surface area contributed by atoms with Crippen molar-refractivity contribution in [3.8, 4) is 11.5 Å². The maximum Gasteiger partial charge on any atom is 0.161 e. The molecule has 2 rings (SSSR count). The molecule has 1 aromatic carbocycles. The summed E-state index contributed by atoms with van der Waals surface area (Å²) in [5.41, 5.74) is 1.17. The molecule has 0 aromatic heterocycles. The van der Waals surface area contributed by atoms with Gasteiger partial charge in [0.25, 0.3) is 0 Å². The summed E-state index contributed by atoms with van der Waals surface area (Å²) in [6.07, 6.45) is 0.687. The minimum absolute atomic E-state index is 0.284. The highest BCUT2D eigenvalue weighted by Gasteiger charge is 2.16. The van der Waals surface area contributed by atoms with Gasteiger partial charge in [0.2, 0.25) is 0 Å². The number of thioether (sulfide) groups is 1. The number of aliphatic hydroxyl groups is 1. The van der Waals surface area contributed by atoms with E-state index in [1.807, 2.05) is 23.9 Å². The van der Waals surface area contributed by atoms with E-state index in [-0.39, 0.29) is 6.61 Å². The minimum Gasteiger partial charge on any atom is -0.493 e. The van der Waals surface area contributed by atoms with Crippen molar-refractivity contribution >= 4 is 11.8 Å². The van der Waals surface area contributed by atoms with Crippen molar-refractivity contribution < 1.29 is 14.6 Å². The molecule has 1 fully saturated rings. The van der Waals surface area contributed by atoms with E-state index in [0.29, 0.717) is 18.2 Å². The Morgan fingerprint density at radius 3 is 2.69 bits per heavy atom. The number of hydrogen-bond donors (Lipinski definition) is 2. The number of benzene rings is 1. The van der Waals surface area contributed by atoms with Gasteiger partial charge in [-0.05, 0) is 36.6 Å². The molecule has 2 N–H and O–H groups in total. The van der Waals surface area contributed by atoms with Crippen molar-refractivity contribution in [1.29, 1.82) is 0 Å². The Kier molecular flexibility index (Phi) is 9.61. The van der Waals surface area contributed by atoms with Crippen LogP contribution in [0.2, 0.25) is 0 Å². The first kappa shape index (κ1) is 21.4. The number of methoxy groups -OCH3 is 1. The molecule has 1 aromatic rings. The van der Waals surface area contributed by atoms with E-state index >= 15 is 0 Å². The van der Waals surface area contributed by atoms with Crippen LogP contribution in [0.5, 0.6) is 11.5 Å². The lowest BCUT2D eigenvalue weighted by Gasteiger charge is -2.28. The fourth-order valence-electron chi connectivity index (χ4n) is 2.89. The maximum atomic E-state index is 10.2. The van der Waals surface area contributed by atoms with Gasteiger partial charge in [-0.3, -0.25) is 4.90 Å². The van der Waals surface area contributed by atoms with Crippen LogP contribution in [0.25, 0.3) is 0 Å². The fraction of sp³-hybridized carbons (Fsp3) is 0.700. The van der Waals surface area contributed by atoms with E-state index in [9.17, 15) is 5.11 Å². The highest BCUT2D eigenvalue weighted by Crippen LogP contribution is 2.28. The molecule has 0 amide bonds.